The van der Waals surface area contributed by atoms with Gasteiger partial charge in [-0.2, -0.15) is 0 Å². The number of hydrazine groups is 1. The summed E-state index contributed by atoms with van der Waals surface area (Å²) in [6.45, 7) is 0.289. The number of hydrogen-bond acceptors (Lipinski definition) is 6. The van der Waals surface area contributed by atoms with Gasteiger partial charge in [0, 0.05) is 11.5 Å². The van der Waals surface area contributed by atoms with Crippen LogP contribution >= 0.6 is 0 Å². The number of nitrogen functional groups attached to an aromatic ring is 1. The van der Waals surface area contributed by atoms with Crippen LogP contribution in [0.3, 0.4) is 0 Å². The fourth-order valence-electron chi connectivity index (χ4n) is 2.03. The van der Waals surface area contributed by atoms with Gasteiger partial charge in [-0.1, -0.05) is 23.4 Å². The number of benzene rings is 1. The lowest BCUT2D eigenvalue weighted by molar-refractivity contribution is 0.0951. The van der Waals surface area contributed by atoms with Crippen LogP contribution in [-0.2, 0) is 6.54 Å². The number of hydrogen-bond donors (Lipinski definition) is 3. The summed E-state index contributed by atoms with van der Waals surface area (Å²) in [6, 6.07) is 10.7. The Bertz CT molecular complexity index is 770. The first-order valence-corrected chi connectivity index (χ1v) is 6.32. The largest absolute Gasteiger partial charge is 0.364 e. The van der Waals surface area contributed by atoms with Gasteiger partial charge in [0.15, 0.2) is 0 Å². The zero-order valence-corrected chi connectivity index (χ0v) is 11.0. The molecule has 0 aliphatic heterocycles. The van der Waals surface area contributed by atoms with Crippen LogP contribution in [-0.4, -0.2) is 16.0 Å². The smallest absolute Gasteiger partial charge is 0.252 e. The quantitative estimate of drug-likeness (QED) is 0.494. The van der Waals surface area contributed by atoms with Crippen LogP contribution in [0.5, 0.6) is 0 Å². The topological polar surface area (TPSA) is 106 Å². The number of para-hydroxylation sites is 1. The van der Waals surface area contributed by atoms with Gasteiger partial charge in [-0.25, -0.2) is 10.8 Å². The van der Waals surface area contributed by atoms with Crippen LogP contribution in [0, 0.1) is 0 Å². The molecule has 0 radical (unpaired) electrons. The Morgan fingerprint density at radius 1 is 1.29 bits per heavy atom. The van der Waals surface area contributed by atoms with Gasteiger partial charge in [0.25, 0.3) is 5.91 Å². The van der Waals surface area contributed by atoms with E-state index in [1.165, 1.54) is 6.26 Å². The highest BCUT2D eigenvalue weighted by Crippen LogP contribution is 2.20. The van der Waals surface area contributed by atoms with E-state index in [-0.39, 0.29) is 12.5 Å². The molecule has 0 saturated carbocycles. The number of rotatable bonds is 4. The summed E-state index contributed by atoms with van der Waals surface area (Å²) >= 11 is 0. The fourth-order valence-corrected chi connectivity index (χ4v) is 2.03. The van der Waals surface area contributed by atoms with Gasteiger partial charge in [0.1, 0.15) is 17.8 Å². The Labute approximate surface area is 120 Å². The van der Waals surface area contributed by atoms with Crippen molar-refractivity contribution in [3.8, 4) is 0 Å². The molecule has 0 spiro atoms. The summed E-state index contributed by atoms with van der Waals surface area (Å²) in [5, 5.41) is 7.29. The lowest BCUT2D eigenvalue weighted by Crippen LogP contribution is -2.23. The number of amides is 1. The van der Waals surface area contributed by atoms with E-state index in [9.17, 15) is 4.79 Å². The Kier molecular flexibility index (Phi) is 3.48. The molecule has 1 amide bonds. The number of pyridine rings is 1. The molecule has 7 heteroatoms. The number of fused-ring (bicyclic) bond motifs is 1. The lowest BCUT2D eigenvalue weighted by Gasteiger charge is -2.09. The molecule has 2 aromatic heterocycles. The third kappa shape index (κ3) is 2.67. The number of aromatic nitrogens is 2. The Morgan fingerprint density at radius 3 is 2.90 bits per heavy atom. The molecule has 3 rings (SSSR count). The Morgan fingerprint density at radius 2 is 2.14 bits per heavy atom. The van der Waals surface area contributed by atoms with E-state index in [1.807, 2.05) is 24.3 Å². The van der Waals surface area contributed by atoms with E-state index >= 15 is 0 Å². The molecular formula is C14H13N5O2. The molecular weight excluding hydrogens is 270 g/mol. The summed E-state index contributed by atoms with van der Waals surface area (Å²) in [4.78, 5) is 16.7. The van der Waals surface area contributed by atoms with E-state index in [2.05, 4.69) is 20.9 Å². The molecule has 0 atom stereocenters. The summed E-state index contributed by atoms with van der Waals surface area (Å²) in [5.41, 5.74) is 4.31. The molecule has 2 heterocycles. The van der Waals surface area contributed by atoms with Crippen molar-refractivity contribution >= 4 is 22.6 Å². The second-order valence-corrected chi connectivity index (χ2v) is 4.39. The van der Waals surface area contributed by atoms with Crippen LogP contribution in [0.2, 0.25) is 0 Å². The van der Waals surface area contributed by atoms with Crippen LogP contribution in [0.1, 0.15) is 16.1 Å². The van der Waals surface area contributed by atoms with Gasteiger partial charge >= 0.3 is 0 Å². The van der Waals surface area contributed by atoms with Crippen molar-refractivity contribution in [2.75, 3.05) is 5.43 Å². The van der Waals surface area contributed by atoms with Crippen LogP contribution < -0.4 is 16.6 Å². The monoisotopic (exact) mass is 283 g/mol. The molecule has 1 aromatic carbocycles. The second kappa shape index (κ2) is 5.59. The van der Waals surface area contributed by atoms with Crippen molar-refractivity contribution in [3.63, 3.8) is 0 Å². The molecule has 7 nitrogen and oxygen atoms in total. The van der Waals surface area contributed by atoms with E-state index in [4.69, 9.17) is 10.4 Å². The lowest BCUT2D eigenvalue weighted by atomic mass is 10.1. The van der Waals surface area contributed by atoms with Crippen LogP contribution in [0.4, 0.5) is 5.82 Å². The highest BCUT2D eigenvalue weighted by molar-refractivity contribution is 6.06. The third-order valence-corrected chi connectivity index (χ3v) is 3.03. The van der Waals surface area contributed by atoms with Crippen molar-refractivity contribution < 1.29 is 9.32 Å². The standard InChI is InChI=1S/C14H13N5O2/c15-18-13-7-11(10-3-1-2-4-12(10)17-13)14(20)16-8-9-5-6-21-19-9/h1-7H,8,15H2,(H,16,20)(H,17,18). The van der Waals surface area contributed by atoms with E-state index in [1.54, 1.807) is 12.1 Å². The molecule has 0 fully saturated rings. The normalized spacial score (nSPS) is 10.5. The average molecular weight is 283 g/mol. The molecule has 106 valence electrons. The molecule has 0 aliphatic carbocycles. The minimum Gasteiger partial charge on any atom is -0.364 e. The van der Waals surface area contributed by atoms with Crippen LogP contribution in [0.15, 0.2) is 47.2 Å². The second-order valence-electron chi connectivity index (χ2n) is 4.39. The number of carbonyl (C=O) groups is 1. The van der Waals surface area contributed by atoms with Gasteiger partial charge in [-0.15, -0.1) is 0 Å². The van der Waals surface area contributed by atoms with Crippen molar-refractivity contribution in [3.05, 3.63) is 53.9 Å². The first kappa shape index (κ1) is 13.1. The Hall–Kier alpha value is -2.93. The van der Waals surface area contributed by atoms with Gasteiger partial charge in [-0.3, -0.25) is 4.79 Å². The van der Waals surface area contributed by atoms with Gasteiger partial charge in [0.05, 0.1) is 17.6 Å². The predicted molar refractivity (Wildman–Crippen MR) is 77.2 cm³/mol. The highest BCUT2D eigenvalue weighted by Gasteiger charge is 2.12. The van der Waals surface area contributed by atoms with Crippen molar-refractivity contribution in [2.45, 2.75) is 6.54 Å². The maximum absolute atomic E-state index is 12.4. The van der Waals surface area contributed by atoms with Gasteiger partial charge in [0.2, 0.25) is 0 Å². The Balaban J connectivity index is 1.92. The SMILES string of the molecule is NNc1cc(C(=O)NCc2ccon2)c2ccccc2n1. The summed E-state index contributed by atoms with van der Waals surface area (Å²) in [5.74, 6) is 5.60. The number of carbonyl (C=O) groups excluding carboxylic acids is 1. The molecule has 4 N–H and O–H groups in total. The first-order chi connectivity index (χ1) is 10.3. The summed E-state index contributed by atoms with van der Waals surface area (Å²) < 4.78 is 4.72. The zero-order chi connectivity index (χ0) is 14.7. The molecule has 0 aliphatic rings. The van der Waals surface area contributed by atoms with E-state index in [0.29, 0.717) is 22.6 Å². The van der Waals surface area contributed by atoms with E-state index in [0.717, 1.165) is 5.39 Å². The molecule has 0 bridgehead atoms. The first-order valence-electron chi connectivity index (χ1n) is 6.32. The van der Waals surface area contributed by atoms with Crippen LogP contribution in [0.25, 0.3) is 10.9 Å². The summed E-state index contributed by atoms with van der Waals surface area (Å²) in [6.07, 6.45) is 1.46. The molecule has 0 saturated heterocycles. The molecule has 0 unspecified atom stereocenters. The maximum atomic E-state index is 12.4. The number of anilines is 1. The minimum absolute atomic E-state index is 0.229. The predicted octanol–water partition coefficient (Wildman–Crippen LogP) is 1.44. The van der Waals surface area contributed by atoms with E-state index < -0.39 is 0 Å². The molecule has 21 heavy (non-hydrogen) atoms. The number of nitrogens with two attached hydrogens (primary N) is 1. The minimum atomic E-state index is -0.229. The van der Waals surface area contributed by atoms with Gasteiger partial charge < -0.3 is 15.3 Å². The third-order valence-electron chi connectivity index (χ3n) is 3.03. The number of nitrogens with one attached hydrogen (secondary N) is 2. The summed E-state index contributed by atoms with van der Waals surface area (Å²) in [7, 11) is 0. The fraction of sp³-hybridized carbons (Fsp3) is 0.0714. The highest BCUT2D eigenvalue weighted by atomic mass is 16.5. The number of nitrogens with zero attached hydrogens (tertiary/aromatic N) is 2. The van der Waals surface area contributed by atoms with Crippen molar-refractivity contribution in [1.82, 2.24) is 15.5 Å². The molecule has 3 aromatic rings. The van der Waals surface area contributed by atoms with Crippen molar-refractivity contribution in [1.29, 1.82) is 0 Å². The average Bonchev–Trinajstić information content (AvgIpc) is 3.05. The zero-order valence-electron chi connectivity index (χ0n) is 11.0. The maximum Gasteiger partial charge on any atom is 0.252 e. The van der Waals surface area contributed by atoms with Crippen molar-refractivity contribution in [2.24, 2.45) is 5.84 Å². The van der Waals surface area contributed by atoms with Gasteiger partial charge in [-0.05, 0) is 12.1 Å².